The maximum atomic E-state index is 10.6. The van der Waals surface area contributed by atoms with Crippen LogP contribution in [0.15, 0.2) is 15.8 Å². The molecule has 0 spiro atoms. The van der Waals surface area contributed by atoms with Gasteiger partial charge in [-0.25, -0.2) is 9.59 Å². The molecular weight excluding hydrogens is 544 g/mol. The van der Waals surface area contributed by atoms with Gasteiger partial charge in [-0.1, -0.05) is 0 Å². The van der Waals surface area contributed by atoms with Crippen molar-refractivity contribution in [1.82, 2.24) is 9.97 Å². The molecule has 0 aromatic carbocycles. The third-order valence-electron chi connectivity index (χ3n) is 1.05. The molecule has 20 nitrogen and oxygen atoms in total. The van der Waals surface area contributed by atoms with Crippen LogP contribution in [-0.4, -0.2) is 98.6 Å². The molecule has 0 saturated carbocycles. The Hall–Kier alpha value is -5.56. The lowest BCUT2D eigenvalue weighted by Gasteiger charge is -1.88. The van der Waals surface area contributed by atoms with E-state index in [1.165, 1.54) is 0 Å². The third kappa shape index (κ3) is 230. The molecule has 0 aliphatic rings. The van der Waals surface area contributed by atoms with Crippen molar-refractivity contribution in [3.05, 3.63) is 32.6 Å². The second kappa shape index (κ2) is 34.6. The molecule has 0 unspecified atom stereocenters. The number of carbonyl (C=O) groups is 8. The Labute approximate surface area is 218 Å². The van der Waals surface area contributed by atoms with E-state index in [1.54, 1.807) is 4.98 Å². The molecule has 1 heterocycles. The van der Waals surface area contributed by atoms with Crippen molar-refractivity contribution in [2.24, 2.45) is 0 Å². The highest BCUT2D eigenvalue weighted by Gasteiger charge is 2.06. The van der Waals surface area contributed by atoms with Gasteiger partial charge in [0.15, 0.2) is 0 Å². The second-order valence-corrected chi connectivity index (χ2v) is 5.42. The van der Waals surface area contributed by atoms with E-state index < -0.39 is 64.6 Å². The van der Waals surface area contributed by atoms with E-state index in [0.29, 0.717) is 0 Å². The number of aromatic carboxylic acids is 1. The highest BCUT2D eigenvalue weighted by molar-refractivity contribution is 5.86. The Kier molecular flexibility index (Phi) is 44.7. The van der Waals surface area contributed by atoms with Gasteiger partial charge in [0.2, 0.25) is 0 Å². The quantitative estimate of drug-likeness (QED) is 0.199. The molecule has 1 aromatic heterocycles. The molecule has 1 aromatic rings. The lowest BCUT2D eigenvalue weighted by Crippen LogP contribution is -2.26. The highest BCUT2D eigenvalue weighted by atomic mass is 16.4. The summed E-state index contributed by atoms with van der Waals surface area (Å²) in [6.45, 7) is 7.58. The first-order valence-corrected chi connectivity index (χ1v) is 9.16. The van der Waals surface area contributed by atoms with Gasteiger partial charge in [-0.05, 0) is 0 Å². The van der Waals surface area contributed by atoms with Crippen molar-refractivity contribution in [2.45, 2.75) is 48.5 Å². The van der Waals surface area contributed by atoms with E-state index in [1.807, 2.05) is 4.98 Å². The van der Waals surface area contributed by atoms with Crippen molar-refractivity contribution in [1.29, 1.82) is 0 Å². The Balaban J connectivity index is -0.0000000635. The van der Waals surface area contributed by atoms with Crippen LogP contribution in [0.4, 0.5) is 0 Å². The van der Waals surface area contributed by atoms with Gasteiger partial charge in [0, 0.05) is 54.7 Å². The summed E-state index contributed by atoms with van der Waals surface area (Å²) in [5.74, 6) is -7.21. The normalized spacial score (nSPS) is 7.15. The van der Waals surface area contributed by atoms with Gasteiger partial charge >= 0.3 is 11.7 Å². The maximum Gasteiger partial charge on any atom is 0.342 e. The minimum absolute atomic E-state index is 0.482. The van der Waals surface area contributed by atoms with Crippen molar-refractivity contribution in [3.8, 4) is 0 Å². The van der Waals surface area contributed by atoms with Gasteiger partial charge in [0.1, 0.15) is 5.56 Å². The number of hydrogen-bond donors (Lipinski definition) is 10. The lowest BCUT2D eigenvalue weighted by molar-refractivity contribution is -0.135. The second-order valence-electron chi connectivity index (χ2n) is 5.42. The summed E-state index contributed by atoms with van der Waals surface area (Å²) in [7, 11) is 0. The van der Waals surface area contributed by atoms with Gasteiger partial charge in [0.05, 0.1) is 0 Å². The molecule has 1 rings (SSSR count). The zero-order valence-corrected chi connectivity index (χ0v) is 21.7. The number of carboxylic acid groups (broad SMARTS) is 8. The largest absolute Gasteiger partial charge is 0.481 e. The number of hydrogen-bond acceptors (Lipinski definition) is 10. The predicted octanol–water partition coefficient (Wildman–Crippen LogP) is -0.602. The lowest BCUT2D eigenvalue weighted by atomic mass is 10.3. The fourth-order valence-corrected chi connectivity index (χ4v) is 0.569. The van der Waals surface area contributed by atoms with Crippen molar-refractivity contribution in [3.63, 3.8) is 0 Å². The average Bonchev–Trinajstić information content (AvgIpc) is 2.57. The first-order valence-electron chi connectivity index (χ1n) is 9.16. The molecule has 0 aliphatic carbocycles. The molecule has 0 atom stereocenters. The molecular formula is C19H32N2O18. The Morgan fingerprint density at radius 3 is 0.795 bits per heavy atom. The average molecular weight is 576 g/mol. The van der Waals surface area contributed by atoms with Crippen LogP contribution in [0, 0.1) is 0 Å². The minimum Gasteiger partial charge on any atom is -0.481 e. The van der Waals surface area contributed by atoms with Gasteiger partial charge in [-0.2, -0.15) is 0 Å². The summed E-state index contributed by atoms with van der Waals surface area (Å²) < 4.78 is 0. The van der Waals surface area contributed by atoms with Crippen LogP contribution in [0.25, 0.3) is 0 Å². The summed E-state index contributed by atoms with van der Waals surface area (Å²) in [6, 6.07) is 0. The number of carboxylic acids is 8. The molecule has 226 valence electrons. The van der Waals surface area contributed by atoms with Crippen LogP contribution in [0.2, 0.25) is 0 Å². The first-order chi connectivity index (χ1) is 17.2. The monoisotopic (exact) mass is 576 g/mol. The minimum atomic E-state index is -1.37. The summed E-state index contributed by atoms with van der Waals surface area (Å²) in [4.78, 5) is 98.0. The Morgan fingerprint density at radius 2 is 0.667 bits per heavy atom. The van der Waals surface area contributed by atoms with Crippen LogP contribution in [0.3, 0.4) is 0 Å². The molecule has 20 heteroatoms. The summed E-state index contributed by atoms with van der Waals surface area (Å²) in [6.07, 6.45) is 0.851. The van der Waals surface area contributed by atoms with Gasteiger partial charge in [-0.3, -0.25) is 43.3 Å². The number of rotatable bonds is 1. The maximum absolute atomic E-state index is 10.6. The molecule has 39 heavy (non-hydrogen) atoms. The summed E-state index contributed by atoms with van der Waals surface area (Å²) >= 11 is 0. The van der Waals surface area contributed by atoms with Gasteiger partial charge in [-0.15, -0.1) is 0 Å². The molecule has 0 bridgehead atoms. The van der Waals surface area contributed by atoms with E-state index in [-0.39, 0.29) is 0 Å². The first kappa shape index (κ1) is 50.3. The molecule has 10 N–H and O–H groups in total. The van der Waals surface area contributed by atoms with Crippen LogP contribution in [-0.2, 0) is 33.6 Å². The van der Waals surface area contributed by atoms with Crippen molar-refractivity contribution < 1.29 is 79.2 Å². The molecule has 0 saturated heterocycles. The van der Waals surface area contributed by atoms with E-state index in [9.17, 15) is 14.4 Å². The van der Waals surface area contributed by atoms with Crippen molar-refractivity contribution in [2.75, 3.05) is 0 Å². The van der Waals surface area contributed by atoms with Crippen LogP contribution < -0.4 is 11.2 Å². The molecule has 0 amide bonds. The summed E-state index contributed by atoms with van der Waals surface area (Å²) in [5, 5.41) is 60.2. The number of aromatic nitrogens is 2. The SMILES string of the molecule is CC(=O)O.CC(=O)O.CC(=O)O.CC(=O)O.CC(=O)O.CC(=O)O.CC(=O)O.O=C(O)c1c[nH]c(=O)[nH]c1=O. The van der Waals surface area contributed by atoms with Gasteiger partial charge < -0.3 is 45.8 Å². The van der Waals surface area contributed by atoms with E-state index in [2.05, 4.69) is 0 Å². The molecule has 0 radical (unpaired) electrons. The van der Waals surface area contributed by atoms with Crippen LogP contribution in [0.5, 0.6) is 0 Å². The zero-order chi connectivity index (χ0) is 33.5. The van der Waals surface area contributed by atoms with Crippen LogP contribution in [0.1, 0.15) is 58.8 Å². The zero-order valence-electron chi connectivity index (χ0n) is 21.7. The van der Waals surface area contributed by atoms with E-state index in [0.717, 1.165) is 54.7 Å². The standard InChI is InChI=1S/C5H4N2O4.7C2H4O2/c8-3-2(4(9)10)1-6-5(11)7-3;7*1-2(3)4/h1H,(H,9,10)(H2,6,7,8,11);7*1H3,(H,3,4). The fourth-order valence-electron chi connectivity index (χ4n) is 0.569. The fraction of sp³-hybridized carbons (Fsp3) is 0.368. The topological polar surface area (TPSA) is 364 Å². The Morgan fingerprint density at radius 1 is 0.487 bits per heavy atom. The van der Waals surface area contributed by atoms with Gasteiger partial charge in [0.25, 0.3) is 47.3 Å². The number of nitrogens with one attached hydrogen (secondary N) is 2. The Bertz CT molecular complexity index is 860. The predicted molar refractivity (Wildman–Crippen MR) is 128 cm³/mol. The number of H-pyrrole nitrogens is 2. The summed E-state index contributed by atoms with van der Waals surface area (Å²) in [5.41, 5.74) is -2.11. The third-order valence-corrected chi connectivity index (χ3v) is 1.05. The number of aliphatic carboxylic acids is 7. The molecule has 0 fully saturated rings. The number of aromatic amines is 2. The smallest absolute Gasteiger partial charge is 0.342 e. The highest BCUT2D eigenvalue weighted by Crippen LogP contribution is 1.81. The van der Waals surface area contributed by atoms with Crippen molar-refractivity contribution >= 4 is 47.8 Å². The van der Waals surface area contributed by atoms with Crippen LogP contribution >= 0.6 is 0 Å². The van der Waals surface area contributed by atoms with E-state index >= 15 is 0 Å². The van der Waals surface area contributed by atoms with E-state index in [4.69, 9.17) is 74.4 Å². The molecule has 0 aliphatic heterocycles.